The second kappa shape index (κ2) is 5.59. The Morgan fingerprint density at radius 2 is 2.16 bits per heavy atom. The lowest BCUT2D eigenvalue weighted by Crippen LogP contribution is -2.33. The van der Waals surface area contributed by atoms with Gasteiger partial charge in [-0.2, -0.15) is 0 Å². The molecule has 0 aliphatic carbocycles. The average molecular weight is 330 g/mol. The van der Waals surface area contributed by atoms with E-state index < -0.39 is 11.4 Å². The number of hydrogen-bond acceptors (Lipinski definition) is 2. The van der Waals surface area contributed by atoms with Gasteiger partial charge in [-0.1, -0.05) is 6.07 Å². The lowest BCUT2D eigenvalue weighted by atomic mass is 9.98. The zero-order chi connectivity index (χ0) is 14.0. The number of halogens is 2. The monoisotopic (exact) mass is 329 g/mol. The van der Waals surface area contributed by atoms with Crippen LogP contribution in [0.1, 0.15) is 36.5 Å². The molecule has 1 amide bonds. The van der Waals surface area contributed by atoms with E-state index in [-0.39, 0.29) is 10.4 Å². The van der Waals surface area contributed by atoms with Gasteiger partial charge in [-0.15, -0.1) is 0 Å². The molecule has 1 N–H and O–H groups in total. The molecule has 1 atom stereocenters. The number of likely N-dealkylation sites (tertiary alicyclic amines) is 1. The van der Waals surface area contributed by atoms with Crippen LogP contribution < -0.4 is 0 Å². The van der Waals surface area contributed by atoms with Gasteiger partial charge in [-0.3, -0.25) is 4.79 Å². The van der Waals surface area contributed by atoms with Crippen molar-refractivity contribution in [1.82, 2.24) is 4.90 Å². The number of nitrogens with zero attached hydrogens (tertiary/aromatic N) is 1. The normalized spacial score (nSPS) is 24.1. The van der Waals surface area contributed by atoms with Gasteiger partial charge in [-0.05, 0) is 54.2 Å². The van der Waals surface area contributed by atoms with Gasteiger partial charge >= 0.3 is 0 Å². The summed E-state index contributed by atoms with van der Waals surface area (Å²) < 4.78 is 13.7. The van der Waals surface area contributed by atoms with Gasteiger partial charge in [0.2, 0.25) is 0 Å². The Morgan fingerprint density at radius 3 is 2.89 bits per heavy atom. The number of hydrogen-bond donors (Lipinski definition) is 1. The van der Waals surface area contributed by atoms with E-state index in [2.05, 4.69) is 15.9 Å². The summed E-state index contributed by atoms with van der Waals surface area (Å²) in [6.07, 6.45) is 1.98. The van der Waals surface area contributed by atoms with Gasteiger partial charge in [-0.25, -0.2) is 4.39 Å². The number of benzene rings is 1. The van der Waals surface area contributed by atoms with Crippen molar-refractivity contribution in [3.8, 4) is 0 Å². The molecule has 1 aliphatic rings. The number of carbonyl (C=O) groups excluding carboxylic acids is 1. The van der Waals surface area contributed by atoms with E-state index in [1.165, 1.54) is 12.1 Å². The number of aliphatic hydroxyl groups is 1. The van der Waals surface area contributed by atoms with Crippen LogP contribution in [0.2, 0.25) is 0 Å². The number of rotatable bonds is 1. The Hall–Kier alpha value is -0.940. The average Bonchev–Trinajstić information content (AvgIpc) is 2.53. The van der Waals surface area contributed by atoms with Crippen molar-refractivity contribution in [3.05, 3.63) is 34.1 Å². The zero-order valence-electron chi connectivity index (χ0n) is 10.8. The van der Waals surface area contributed by atoms with E-state index in [9.17, 15) is 14.3 Å². The van der Waals surface area contributed by atoms with Crippen molar-refractivity contribution in [1.29, 1.82) is 0 Å². The molecule has 1 unspecified atom stereocenters. The quantitative estimate of drug-likeness (QED) is 0.860. The highest BCUT2D eigenvalue weighted by Crippen LogP contribution is 2.25. The fourth-order valence-electron chi connectivity index (χ4n) is 2.31. The summed E-state index contributed by atoms with van der Waals surface area (Å²) in [6.45, 7) is 2.88. The van der Waals surface area contributed by atoms with E-state index in [1.54, 1.807) is 17.9 Å². The highest BCUT2D eigenvalue weighted by molar-refractivity contribution is 9.10. The van der Waals surface area contributed by atoms with Gasteiger partial charge in [0, 0.05) is 13.1 Å². The Kier molecular flexibility index (Phi) is 4.26. The topological polar surface area (TPSA) is 40.5 Å². The van der Waals surface area contributed by atoms with Crippen molar-refractivity contribution < 1.29 is 14.3 Å². The van der Waals surface area contributed by atoms with Crippen LogP contribution in [0.3, 0.4) is 0 Å². The van der Waals surface area contributed by atoms with Gasteiger partial charge in [0.25, 0.3) is 5.91 Å². The summed E-state index contributed by atoms with van der Waals surface area (Å²) in [5.74, 6) is -0.628. The van der Waals surface area contributed by atoms with E-state index in [0.29, 0.717) is 31.5 Å². The molecule has 1 fully saturated rings. The standard InChI is InChI=1S/C14H17BrFNO2/c1-14(19)6-3-8-17(9-7-14)13(18)10-4-2-5-11(16)12(10)15/h2,4-5,19H,3,6-9H2,1H3. The minimum absolute atomic E-state index is 0.191. The summed E-state index contributed by atoms with van der Waals surface area (Å²) in [5.41, 5.74) is -0.379. The zero-order valence-corrected chi connectivity index (χ0v) is 12.4. The smallest absolute Gasteiger partial charge is 0.255 e. The second-order valence-corrected chi connectivity index (χ2v) is 6.04. The first-order valence-electron chi connectivity index (χ1n) is 6.36. The molecule has 0 bridgehead atoms. The Morgan fingerprint density at radius 1 is 1.42 bits per heavy atom. The largest absolute Gasteiger partial charge is 0.390 e. The number of amides is 1. The summed E-state index contributed by atoms with van der Waals surface area (Å²) in [5, 5.41) is 10.0. The molecule has 1 aromatic carbocycles. The molecule has 3 nitrogen and oxygen atoms in total. The maximum Gasteiger partial charge on any atom is 0.255 e. The summed E-state index contributed by atoms with van der Waals surface area (Å²) >= 11 is 3.12. The molecule has 2 rings (SSSR count). The molecule has 1 aliphatic heterocycles. The molecule has 5 heteroatoms. The fourth-order valence-corrected chi connectivity index (χ4v) is 2.74. The molecule has 1 aromatic rings. The van der Waals surface area contributed by atoms with Crippen LogP contribution >= 0.6 is 15.9 Å². The highest BCUT2D eigenvalue weighted by Gasteiger charge is 2.28. The minimum Gasteiger partial charge on any atom is -0.390 e. The van der Waals surface area contributed by atoms with Crippen molar-refractivity contribution in [2.24, 2.45) is 0 Å². The van der Waals surface area contributed by atoms with Crippen LogP contribution in [-0.4, -0.2) is 34.6 Å². The summed E-state index contributed by atoms with van der Waals surface area (Å²) in [7, 11) is 0. The van der Waals surface area contributed by atoms with E-state index in [4.69, 9.17) is 0 Å². The van der Waals surface area contributed by atoms with Gasteiger partial charge in [0.05, 0.1) is 15.6 Å². The molecule has 1 heterocycles. The minimum atomic E-state index is -0.714. The molecule has 104 valence electrons. The highest BCUT2D eigenvalue weighted by atomic mass is 79.9. The third-order valence-corrected chi connectivity index (χ3v) is 4.34. The molecular formula is C14H17BrFNO2. The molecule has 1 saturated heterocycles. The van der Waals surface area contributed by atoms with Crippen molar-refractivity contribution in [2.75, 3.05) is 13.1 Å². The first-order valence-corrected chi connectivity index (χ1v) is 7.16. The molecule has 0 radical (unpaired) electrons. The third kappa shape index (κ3) is 3.34. The van der Waals surface area contributed by atoms with Crippen LogP contribution in [0.5, 0.6) is 0 Å². The maximum atomic E-state index is 13.5. The predicted octanol–water partition coefficient (Wildman–Crippen LogP) is 2.97. The number of carbonyl (C=O) groups is 1. The lowest BCUT2D eigenvalue weighted by Gasteiger charge is -2.23. The third-order valence-electron chi connectivity index (χ3n) is 3.53. The fraction of sp³-hybridized carbons (Fsp3) is 0.500. The lowest BCUT2D eigenvalue weighted by molar-refractivity contribution is 0.0437. The first kappa shape index (κ1) is 14.5. The van der Waals surface area contributed by atoms with Crippen molar-refractivity contribution >= 4 is 21.8 Å². The van der Waals surface area contributed by atoms with Crippen LogP contribution in [0.4, 0.5) is 4.39 Å². The SMILES string of the molecule is CC1(O)CCCN(C(=O)c2cccc(F)c2Br)CC1. The Balaban J connectivity index is 2.18. The molecule has 0 spiro atoms. The molecule has 19 heavy (non-hydrogen) atoms. The molecule has 0 saturated carbocycles. The predicted molar refractivity (Wildman–Crippen MR) is 74.5 cm³/mol. The van der Waals surface area contributed by atoms with E-state index in [0.717, 1.165) is 6.42 Å². The van der Waals surface area contributed by atoms with Crippen LogP contribution in [0.25, 0.3) is 0 Å². The van der Waals surface area contributed by atoms with Crippen LogP contribution in [-0.2, 0) is 0 Å². The molecule has 0 aromatic heterocycles. The van der Waals surface area contributed by atoms with E-state index in [1.807, 2.05) is 0 Å². The van der Waals surface area contributed by atoms with Crippen molar-refractivity contribution in [2.45, 2.75) is 31.8 Å². The second-order valence-electron chi connectivity index (χ2n) is 5.24. The molecular weight excluding hydrogens is 313 g/mol. The van der Waals surface area contributed by atoms with E-state index >= 15 is 0 Å². The van der Waals surface area contributed by atoms with Gasteiger partial charge in [0.1, 0.15) is 5.82 Å². The maximum absolute atomic E-state index is 13.5. The summed E-state index contributed by atoms with van der Waals surface area (Å²) in [6, 6.07) is 4.45. The summed E-state index contributed by atoms with van der Waals surface area (Å²) in [4.78, 5) is 14.1. The van der Waals surface area contributed by atoms with Gasteiger partial charge in [0.15, 0.2) is 0 Å². The Bertz CT molecular complexity index is 490. The first-order chi connectivity index (χ1) is 8.91. The van der Waals surface area contributed by atoms with Crippen LogP contribution in [0, 0.1) is 5.82 Å². The van der Waals surface area contributed by atoms with Crippen LogP contribution in [0.15, 0.2) is 22.7 Å². The Labute approximate surface area is 120 Å². The van der Waals surface area contributed by atoms with Crippen molar-refractivity contribution in [3.63, 3.8) is 0 Å². The van der Waals surface area contributed by atoms with Gasteiger partial charge < -0.3 is 10.0 Å².